The van der Waals surface area contributed by atoms with E-state index in [-0.39, 0.29) is 11.3 Å². The van der Waals surface area contributed by atoms with Crippen LogP contribution in [0, 0.1) is 11.3 Å². The number of nitrogens with zero attached hydrogens (tertiary/aromatic N) is 1. The molecule has 1 N–H and O–H groups in total. The Morgan fingerprint density at radius 1 is 1.03 bits per heavy atom. The molecule has 0 aliphatic heterocycles. The van der Waals surface area contributed by atoms with Crippen molar-refractivity contribution in [3.63, 3.8) is 0 Å². The largest absolute Gasteiger partial charge is 0.496 e. The minimum Gasteiger partial charge on any atom is -0.496 e. The summed E-state index contributed by atoms with van der Waals surface area (Å²) < 4.78 is 54.1. The molecule has 0 aliphatic carbocycles. The number of benzene rings is 2. The van der Waals surface area contributed by atoms with Crippen LogP contribution in [0.15, 0.2) is 42.0 Å². The summed E-state index contributed by atoms with van der Waals surface area (Å²) in [6, 6.07) is 8.87. The van der Waals surface area contributed by atoms with Crippen molar-refractivity contribution in [2.45, 2.75) is 6.18 Å². The molecule has 0 saturated carbocycles. The smallest absolute Gasteiger partial charge is 0.416 e. The Morgan fingerprint density at radius 2 is 1.66 bits per heavy atom. The van der Waals surface area contributed by atoms with Gasteiger partial charge in [0.25, 0.3) is 5.91 Å². The van der Waals surface area contributed by atoms with Crippen LogP contribution >= 0.6 is 0 Å². The number of alkyl halides is 3. The lowest BCUT2D eigenvalue weighted by Gasteiger charge is -2.13. The highest BCUT2D eigenvalue weighted by molar-refractivity contribution is 6.09. The average molecular weight is 406 g/mol. The van der Waals surface area contributed by atoms with Gasteiger partial charge in [0.2, 0.25) is 0 Å². The number of hydrogen-bond acceptors (Lipinski definition) is 5. The van der Waals surface area contributed by atoms with Gasteiger partial charge in [-0.1, -0.05) is 6.07 Å². The molecule has 0 aliphatic rings. The van der Waals surface area contributed by atoms with Gasteiger partial charge in [0.15, 0.2) is 11.5 Å². The number of carbonyl (C=O) groups is 1. The summed E-state index contributed by atoms with van der Waals surface area (Å²) >= 11 is 0. The summed E-state index contributed by atoms with van der Waals surface area (Å²) in [5.74, 6) is 0.162. The molecule has 9 heteroatoms. The lowest BCUT2D eigenvalue weighted by atomic mass is 10.1. The van der Waals surface area contributed by atoms with E-state index in [0.29, 0.717) is 22.8 Å². The molecule has 0 spiro atoms. The molecule has 0 bridgehead atoms. The Bertz CT molecular complexity index is 979. The van der Waals surface area contributed by atoms with E-state index in [4.69, 9.17) is 14.2 Å². The van der Waals surface area contributed by atoms with Crippen LogP contribution in [-0.2, 0) is 11.0 Å². The molecule has 1 amide bonds. The first kappa shape index (κ1) is 21.6. The average Bonchev–Trinajstić information content (AvgIpc) is 2.70. The number of carbonyl (C=O) groups excluding carboxylic acids is 1. The van der Waals surface area contributed by atoms with Crippen molar-refractivity contribution in [2.75, 3.05) is 26.6 Å². The van der Waals surface area contributed by atoms with Crippen molar-refractivity contribution < 1.29 is 32.2 Å². The fourth-order valence-electron chi connectivity index (χ4n) is 2.44. The van der Waals surface area contributed by atoms with Gasteiger partial charge in [-0.3, -0.25) is 4.79 Å². The number of hydrogen-bond donors (Lipinski definition) is 1. The number of amides is 1. The second-order valence-electron chi connectivity index (χ2n) is 5.65. The predicted molar refractivity (Wildman–Crippen MR) is 99.8 cm³/mol. The molecular weight excluding hydrogens is 389 g/mol. The number of anilines is 1. The molecule has 0 aromatic heterocycles. The number of methoxy groups -OCH3 is 3. The minimum absolute atomic E-state index is 0.0924. The zero-order chi connectivity index (χ0) is 21.6. The van der Waals surface area contributed by atoms with Gasteiger partial charge in [-0.2, -0.15) is 18.4 Å². The molecule has 2 aromatic carbocycles. The Kier molecular flexibility index (Phi) is 6.72. The molecule has 2 rings (SSSR count). The van der Waals surface area contributed by atoms with Gasteiger partial charge in [0.1, 0.15) is 17.4 Å². The molecular formula is C20H17F3N2O4. The van der Waals surface area contributed by atoms with E-state index in [9.17, 15) is 23.2 Å². The van der Waals surface area contributed by atoms with E-state index in [1.807, 2.05) is 0 Å². The molecule has 29 heavy (non-hydrogen) atoms. The van der Waals surface area contributed by atoms with Crippen molar-refractivity contribution in [3.8, 4) is 23.3 Å². The third-order valence-electron chi connectivity index (χ3n) is 3.85. The fourth-order valence-corrected chi connectivity index (χ4v) is 2.44. The topological polar surface area (TPSA) is 80.6 Å². The standard InChI is InChI=1S/C20H17F3N2O4/c1-27-16-10-18(29-3)17(28-2)8-12(16)7-13(11-24)19(26)25-15-6-4-5-14(9-15)20(21,22)23/h4-10H,1-3H3,(H,25,26)/b13-7-. The maximum atomic E-state index is 12.8. The molecule has 0 saturated heterocycles. The van der Waals surface area contributed by atoms with E-state index in [0.717, 1.165) is 18.2 Å². The van der Waals surface area contributed by atoms with Crippen LogP contribution in [0.4, 0.5) is 18.9 Å². The van der Waals surface area contributed by atoms with Crippen LogP contribution in [-0.4, -0.2) is 27.2 Å². The lowest BCUT2D eigenvalue weighted by molar-refractivity contribution is -0.137. The van der Waals surface area contributed by atoms with Crippen molar-refractivity contribution in [1.29, 1.82) is 5.26 Å². The monoisotopic (exact) mass is 406 g/mol. The summed E-state index contributed by atoms with van der Waals surface area (Å²) in [6.07, 6.45) is -3.31. The molecule has 0 heterocycles. The maximum absolute atomic E-state index is 12.8. The van der Waals surface area contributed by atoms with Gasteiger partial charge in [0, 0.05) is 17.3 Å². The van der Waals surface area contributed by atoms with Crippen molar-refractivity contribution in [2.24, 2.45) is 0 Å². The lowest BCUT2D eigenvalue weighted by Crippen LogP contribution is -2.14. The summed E-state index contributed by atoms with van der Waals surface area (Å²) in [4.78, 5) is 12.4. The van der Waals surface area contributed by atoms with Crippen LogP contribution in [0.1, 0.15) is 11.1 Å². The van der Waals surface area contributed by atoms with E-state index in [1.54, 1.807) is 6.07 Å². The van der Waals surface area contributed by atoms with Gasteiger partial charge < -0.3 is 19.5 Å². The van der Waals surface area contributed by atoms with Crippen LogP contribution < -0.4 is 19.5 Å². The van der Waals surface area contributed by atoms with Gasteiger partial charge >= 0.3 is 6.18 Å². The Balaban J connectivity index is 2.38. The highest BCUT2D eigenvalue weighted by Gasteiger charge is 2.30. The third-order valence-corrected chi connectivity index (χ3v) is 3.85. The first-order chi connectivity index (χ1) is 13.7. The first-order valence-electron chi connectivity index (χ1n) is 8.14. The molecule has 152 valence electrons. The third kappa shape index (κ3) is 5.19. The molecule has 0 atom stereocenters. The Hall–Kier alpha value is -3.67. The quantitative estimate of drug-likeness (QED) is 0.572. The molecule has 6 nitrogen and oxygen atoms in total. The maximum Gasteiger partial charge on any atom is 0.416 e. The normalized spacial score (nSPS) is 11.4. The first-order valence-corrected chi connectivity index (χ1v) is 8.14. The van der Waals surface area contributed by atoms with Gasteiger partial charge in [-0.15, -0.1) is 0 Å². The van der Waals surface area contributed by atoms with E-state index in [2.05, 4.69) is 5.32 Å². The highest BCUT2D eigenvalue weighted by Crippen LogP contribution is 2.36. The van der Waals surface area contributed by atoms with Crippen molar-refractivity contribution in [1.82, 2.24) is 0 Å². The summed E-state index contributed by atoms with van der Waals surface area (Å²) in [5, 5.41) is 11.6. The van der Waals surface area contributed by atoms with E-state index in [1.165, 1.54) is 45.6 Å². The fraction of sp³-hybridized carbons (Fsp3) is 0.200. The summed E-state index contributed by atoms with van der Waals surface area (Å²) in [6.45, 7) is 0. The minimum atomic E-state index is -4.55. The van der Waals surface area contributed by atoms with Crippen molar-refractivity contribution in [3.05, 3.63) is 53.1 Å². The highest BCUT2D eigenvalue weighted by atomic mass is 19.4. The van der Waals surface area contributed by atoms with Crippen LogP contribution in [0.25, 0.3) is 6.08 Å². The SMILES string of the molecule is COc1cc(OC)c(OC)cc1/C=C(/C#N)C(=O)Nc1cccc(C(F)(F)F)c1. The van der Waals surface area contributed by atoms with E-state index < -0.39 is 17.6 Å². The van der Waals surface area contributed by atoms with Crippen LogP contribution in [0.5, 0.6) is 17.2 Å². The number of halogens is 3. The zero-order valence-corrected chi connectivity index (χ0v) is 15.8. The Labute approximate surface area is 165 Å². The summed E-state index contributed by atoms with van der Waals surface area (Å²) in [7, 11) is 4.26. The number of rotatable bonds is 6. The summed E-state index contributed by atoms with van der Waals surface area (Å²) in [5.41, 5.74) is -1.00. The number of nitrogens with one attached hydrogen (secondary N) is 1. The predicted octanol–water partition coefficient (Wildman–Crippen LogP) is 4.28. The second kappa shape index (κ2) is 9.01. The van der Waals surface area contributed by atoms with Gasteiger partial charge in [-0.25, -0.2) is 0 Å². The molecule has 2 aromatic rings. The number of ether oxygens (including phenoxy) is 3. The zero-order valence-electron chi connectivity index (χ0n) is 15.8. The van der Waals surface area contributed by atoms with Gasteiger partial charge in [0.05, 0.1) is 26.9 Å². The van der Waals surface area contributed by atoms with Crippen LogP contribution in [0.2, 0.25) is 0 Å². The van der Waals surface area contributed by atoms with Gasteiger partial charge in [-0.05, 0) is 30.3 Å². The molecule has 0 radical (unpaired) electrons. The van der Waals surface area contributed by atoms with E-state index >= 15 is 0 Å². The van der Waals surface area contributed by atoms with Crippen molar-refractivity contribution >= 4 is 17.7 Å². The molecule has 0 fully saturated rings. The second-order valence-corrected chi connectivity index (χ2v) is 5.65. The number of nitriles is 1. The van der Waals surface area contributed by atoms with Crippen LogP contribution in [0.3, 0.4) is 0 Å². The Morgan fingerprint density at radius 3 is 2.21 bits per heavy atom. The molecule has 0 unspecified atom stereocenters.